The van der Waals surface area contributed by atoms with Gasteiger partial charge in [0.25, 0.3) is 11.5 Å². The van der Waals surface area contributed by atoms with Gasteiger partial charge in [-0.1, -0.05) is 24.3 Å². The number of aromatic nitrogens is 4. The van der Waals surface area contributed by atoms with Crippen molar-refractivity contribution in [2.75, 3.05) is 11.9 Å². The van der Waals surface area contributed by atoms with Gasteiger partial charge in [-0.2, -0.15) is 0 Å². The van der Waals surface area contributed by atoms with Crippen LogP contribution < -0.4 is 16.6 Å². The second kappa shape index (κ2) is 7.71. The van der Waals surface area contributed by atoms with Crippen LogP contribution in [0.2, 0.25) is 0 Å². The lowest BCUT2D eigenvalue weighted by Crippen LogP contribution is -2.21. The molecule has 0 radical (unpaired) electrons. The van der Waals surface area contributed by atoms with E-state index in [0.717, 1.165) is 41.5 Å². The highest BCUT2D eigenvalue weighted by molar-refractivity contribution is 5.94. The molecule has 4 N–H and O–H groups in total. The van der Waals surface area contributed by atoms with E-state index < -0.39 is 5.91 Å². The molecular formula is C23H22N6O2. The number of H-pyrrole nitrogens is 1. The summed E-state index contributed by atoms with van der Waals surface area (Å²) in [5.41, 5.74) is 10.1. The first-order valence-electron chi connectivity index (χ1n) is 10.3. The van der Waals surface area contributed by atoms with Crippen LogP contribution in [0.1, 0.15) is 33.7 Å². The van der Waals surface area contributed by atoms with E-state index >= 15 is 0 Å². The molecule has 0 fully saturated rings. The Labute approximate surface area is 178 Å². The van der Waals surface area contributed by atoms with Crippen molar-refractivity contribution in [1.82, 2.24) is 19.7 Å². The normalized spacial score (nSPS) is 12.8. The van der Waals surface area contributed by atoms with Gasteiger partial charge in [-0.3, -0.25) is 19.7 Å². The second-order valence-electron chi connectivity index (χ2n) is 7.62. The molecule has 0 atom stereocenters. The molecule has 0 unspecified atom stereocenters. The number of fused-ring (bicyclic) bond motifs is 2. The fourth-order valence-electron chi connectivity index (χ4n) is 4.28. The van der Waals surface area contributed by atoms with Gasteiger partial charge >= 0.3 is 0 Å². The fraction of sp³-hybridized carbons (Fsp3) is 0.217. The smallest absolute Gasteiger partial charge is 0.276 e. The quantitative estimate of drug-likeness (QED) is 0.447. The summed E-state index contributed by atoms with van der Waals surface area (Å²) in [5, 5.41) is 7.39. The molecule has 5 rings (SSSR count). The molecule has 0 aliphatic heterocycles. The van der Waals surface area contributed by atoms with Gasteiger partial charge in [0.1, 0.15) is 5.69 Å². The standard InChI is InChI=1S/C23H22N6O2/c24-22(30)21-16(23(31)29(28-21)19-10-3-4-12-25-19)11-13-26-20-14-6-1-2-8-17(14)27-18-9-5-7-15(18)20/h1-4,6,8,10,12,28H,5,7,9,11,13H2,(H2,24,30)(H,26,27). The third kappa shape index (κ3) is 3.35. The maximum atomic E-state index is 13.0. The van der Waals surface area contributed by atoms with Gasteiger partial charge in [-0.25, -0.2) is 9.67 Å². The Morgan fingerprint density at radius 1 is 1.16 bits per heavy atom. The first-order chi connectivity index (χ1) is 15.1. The Hall–Kier alpha value is -3.94. The first kappa shape index (κ1) is 19.0. The lowest BCUT2D eigenvalue weighted by molar-refractivity contribution is 0.0994. The lowest BCUT2D eigenvalue weighted by Gasteiger charge is -2.14. The minimum absolute atomic E-state index is 0.113. The number of nitrogens with zero attached hydrogens (tertiary/aromatic N) is 3. The predicted molar refractivity (Wildman–Crippen MR) is 119 cm³/mol. The summed E-state index contributed by atoms with van der Waals surface area (Å²) in [6.07, 6.45) is 4.99. The summed E-state index contributed by atoms with van der Waals surface area (Å²) in [4.78, 5) is 33.9. The molecule has 8 nitrogen and oxygen atoms in total. The number of rotatable bonds is 6. The molecular weight excluding hydrogens is 392 g/mol. The number of nitrogens with two attached hydrogens (primary N) is 1. The van der Waals surface area contributed by atoms with E-state index in [4.69, 9.17) is 10.7 Å². The van der Waals surface area contributed by atoms with Gasteiger partial charge < -0.3 is 11.1 Å². The third-order valence-corrected chi connectivity index (χ3v) is 5.71. The third-order valence-electron chi connectivity index (χ3n) is 5.71. The summed E-state index contributed by atoms with van der Waals surface area (Å²) >= 11 is 0. The van der Waals surface area contributed by atoms with Gasteiger partial charge in [0.05, 0.1) is 11.1 Å². The molecule has 1 aliphatic carbocycles. The van der Waals surface area contributed by atoms with Crippen LogP contribution in [-0.2, 0) is 19.3 Å². The van der Waals surface area contributed by atoms with Crippen LogP contribution in [0.3, 0.4) is 0 Å². The number of hydrogen-bond acceptors (Lipinski definition) is 5. The largest absolute Gasteiger partial charge is 0.384 e. The van der Waals surface area contributed by atoms with Crippen molar-refractivity contribution in [2.45, 2.75) is 25.7 Å². The summed E-state index contributed by atoms with van der Waals surface area (Å²) < 4.78 is 1.26. The molecule has 3 aromatic heterocycles. The second-order valence-corrected chi connectivity index (χ2v) is 7.62. The molecule has 8 heteroatoms. The van der Waals surface area contributed by atoms with E-state index in [2.05, 4.69) is 21.5 Å². The van der Waals surface area contributed by atoms with Crippen molar-refractivity contribution in [3.8, 4) is 5.82 Å². The van der Waals surface area contributed by atoms with E-state index in [1.807, 2.05) is 18.2 Å². The van der Waals surface area contributed by atoms with Crippen LogP contribution >= 0.6 is 0 Å². The average Bonchev–Trinajstić information content (AvgIpc) is 3.38. The van der Waals surface area contributed by atoms with Crippen molar-refractivity contribution in [3.05, 3.63) is 81.5 Å². The highest BCUT2D eigenvalue weighted by Gasteiger charge is 2.21. The number of pyridine rings is 2. The number of amides is 1. The van der Waals surface area contributed by atoms with Crippen LogP contribution in [0.15, 0.2) is 53.5 Å². The van der Waals surface area contributed by atoms with Crippen molar-refractivity contribution in [2.24, 2.45) is 5.73 Å². The number of aromatic amines is 1. The number of carbonyl (C=O) groups is 1. The molecule has 0 spiro atoms. The number of anilines is 1. The number of hydrogen-bond donors (Lipinski definition) is 3. The number of carbonyl (C=O) groups excluding carboxylic acids is 1. The molecule has 1 aromatic carbocycles. The average molecular weight is 414 g/mol. The van der Waals surface area contributed by atoms with E-state index in [0.29, 0.717) is 24.3 Å². The van der Waals surface area contributed by atoms with Gasteiger partial charge in [0.15, 0.2) is 5.82 Å². The van der Waals surface area contributed by atoms with Crippen molar-refractivity contribution in [3.63, 3.8) is 0 Å². The minimum atomic E-state index is -0.669. The minimum Gasteiger partial charge on any atom is -0.384 e. The lowest BCUT2D eigenvalue weighted by atomic mass is 10.1. The predicted octanol–water partition coefficient (Wildman–Crippen LogP) is 2.35. The Bertz CT molecular complexity index is 1340. The molecule has 1 amide bonds. The Kier molecular flexibility index (Phi) is 4.74. The highest BCUT2D eigenvalue weighted by Crippen LogP contribution is 2.33. The Morgan fingerprint density at radius 2 is 2.00 bits per heavy atom. The van der Waals surface area contributed by atoms with Gasteiger partial charge in [0, 0.05) is 29.5 Å². The van der Waals surface area contributed by atoms with Crippen LogP contribution in [0.5, 0.6) is 0 Å². The summed E-state index contributed by atoms with van der Waals surface area (Å²) in [6, 6.07) is 13.3. The number of benzene rings is 1. The van der Waals surface area contributed by atoms with Crippen molar-refractivity contribution < 1.29 is 4.79 Å². The number of primary amides is 1. The van der Waals surface area contributed by atoms with Crippen LogP contribution in [0.25, 0.3) is 16.7 Å². The SMILES string of the molecule is NC(=O)c1[nH]n(-c2ccccn2)c(=O)c1CCNc1c2c(nc3ccccc13)CCC2. The molecule has 4 aromatic rings. The fourth-order valence-corrected chi connectivity index (χ4v) is 4.28. The zero-order valence-electron chi connectivity index (χ0n) is 16.9. The molecule has 0 saturated heterocycles. The maximum absolute atomic E-state index is 13.0. The van der Waals surface area contributed by atoms with Crippen LogP contribution in [0, 0.1) is 0 Å². The van der Waals surface area contributed by atoms with E-state index in [9.17, 15) is 9.59 Å². The number of para-hydroxylation sites is 1. The number of nitrogens with one attached hydrogen (secondary N) is 2. The summed E-state index contributed by atoms with van der Waals surface area (Å²) in [5.74, 6) is -0.260. The molecule has 0 saturated carbocycles. The topological polar surface area (TPSA) is 119 Å². The summed E-state index contributed by atoms with van der Waals surface area (Å²) in [7, 11) is 0. The zero-order valence-corrected chi connectivity index (χ0v) is 16.9. The number of aryl methyl sites for hydroxylation is 1. The molecule has 1 aliphatic rings. The first-order valence-corrected chi connectivity index (χ1v) is 10.3. The van der Waals surface area contributed by atoms with Crippen molar-refractivity contribution in [1.29, 1.82) is 0 Å². The molecule has 0 bridgehead atoms. The van der Waals surface area contributed by atoms with E-state index in [-0.39, 0.29) is 11.3 Å². The Balaban J connectivity index is 1.46. The van der Waals surface area contributed by atoms with Gasteiger partial charge in [-0.05, 0) is 49.4 Å². The maximum Gasteiger partial charge on any atom is 0.276 e. The zero-order chi connectivity index (χ0) is 21.4. The molecule has 3 heterocycles. The van der Waals surface area contributed by atoms with E-state index in [1.165, 1.54) is 10.2 Å². The summed E-state index contributed by atoms with van der Waals surface area (Å²) in [6.45, 7) is 0.482. The van der Waals surface area contributed by atoms with Crippen molar-refractivity contribution >= 4 is 22.5 Å². The van der Waals surface area contributed by atoms with Crippen LogP contribution in [0.4, 0.5) is 5.69 Å². The van der Waals surface area contributed by atoms with Crippen LogP contribution in [-0.4, -0.2) is 32.2 Å². The monoisotopic (exact) mass is 414 g/mol. The molecule has 156 valence electrons. The van der Waals surface area contributed by atoms with Gasteiger partial charge in [0.2, 0.25) is 0 Å². The molecule has 31 heavy (non-hydrogen) atoms. The Morgan fingerprint density at radius 3 is 2.81 bits per heavy atom. The highest BCUT2D eigenvalue weighted by atomic mass is 16.2. The van der Waals surface area contributed by atoms with E-state index in [1.54, 1.807) is 24.4 Å². The van der Waals surface area contributed by atoms with Gasteiger partial charge in [-0.15, -0.1) is 0 Å².